The van der Waals surface area contributed by atoms with Crippen molar-refractivity contribution >= 4 is 48.0 Å². The predicted molar refractivity (Wildman–Crippen MR) is 118 cm³/mol. The van der Waals surface area contributed by atoms with Gasteiger partial charge in [-0.25, -0.2) is 0 Å². The molecule has 0 saturated carbocycles. The van der Waals surface area contributed by atoms with E-state index in [0.29, 0.717) is 10.6 Å². The van der Waals surface area contributed by atoms with Gasteiger partial charge in [0.2, 0.25) is 0 Å². The molecule has 0 fully saturated rings. The van der Waals surface area contributed by atoms with Gasteiger partial charge < -0.3 is 0 Å². The number of hydrogen-bond acceptors (Lipinski definition) is 4. The molecule has 6 nitrogen and oxygen atoms in total. The van der Waals surface area contributed by atoms with Crippen LogP contribution in [0.1, 0.15) is 11.0 Å². The molecule has 0 bridgehead atoms. The molecule has 10 heteroatoms. The van der Waals surface area contributed by atoms with Crippen molar-refractivity contribution in [1.82, 2.24) is 0 Å². The Balaban J connectivity index is 2.06. The van der Waals surface area contributed by atoms with E-state index < -0.39 is 20.2 Å². The Morgan fingerprint density at radius 3 is 1.38 bits per heavy atom. The van der Waals surface area contributed by atoms with Crippen LogP contribution in [0.2, 0.25) is 0 Å². The molecule has 0 aliphatic rings. The largest absolute Gasteiger partial charge is 0.295 e. The minimum Gasteiger partial charge on any atom is -0.282 e. The van der Waals surface area contributed by atoms with Gasteiger partial charge in [-0.15, -0.1) is 0 Å². The van der Waals surface area contributed by atoms with Crippen molar-refractivity contribution in [2.45, 2.75) is 15.2 Å². The van der Waals surface area contributed by atoms with Crippen LogP contribution in [0.15, 0.2) is 88.7 Å². The molecule has 3 rings (SSSR count). The van der Waals surface area contributed by atoms with Crippen molar-refractivity contribution < 1.29 is 25.9 Å². The Labute approximate surface area is 173 Å². The van der Waals surface area contributed by atoms with Crippen LogP contribution in [0, 0.1) is 0 Å². The third-order valence-electron chi connectivity index (χ3n) is 4.06. The first-order valence-corrected chi connectivity index (χ1v) is 13.4. The van der Waals surface area contributed by atoms with Crippen LogP contribution in [-0.2, 0) is 20.2 Å². The molecular formula is C19H18O6P2S2. The van der Waals surface area contributed by atoms with Gasteiger partial charge in [-0.05, 0) is 28.3 Å². The molecule has 3 aromatic carbocycles. The van der Waals surface area contributed by atoms with Gasteiger partial charge in [0.25, 0.3) is 20.2 Å². The standard InChI is InChI=1S/C19H18O6P2S2/c20-28(21,22)17-12-6-4-10-15(17)26-19(14-8-2-1-3-9-14)27-16-11-5-7-13-18(16)29(23,24)25/h1-13,19,26-27H,(H,20,21,22)(H,23,24,25). The van der Waals surface area contributed by atoms with Crippen molar-refractivity contribution in [3.8, 4) is 0 Å². The fraction of sp³-hybridized carbons (Fsp3) is 0.0526. The molecule has 0 heterocycles. The van der Waals surface area contributed by atoms with E-state index in [1.54, 1.807) is 24.3 Å². The van der Waals surface area contributed by atoms with Crippen LogP contribution in [0.3, 0.4) is 0 Å². The van der Waals surface area contributed by atoms with Gasteiger partial charge in [0.05, 0.1) is 0 Å². The lowest BCUT2D eigenvalue weighted by molar-refractivity contribution is 0.481. The zero-order chi connectivity index (χ0) is 21.1. The van der Waals surface area contributed by atoms with E-state index in [2.05, 4.69) is 0 Å². The molecule has 3 aromatic rings. The highest BCUT2D eigenvalue weighted by Crippen LogP contribution is 2.48. The SMILES string of the molecule is O=S(=O)(O)c1ccccc1PC(Pc1ccccc1S(=O)(=O)O)c1ccccc1. The molecule has 0 aromatic heterocycles. The summed E-state index contributed by atoms with van der Waals surface area (Å²) >= 11 is 0. The van der Waals surface area contributed by atoms with Crippen molar-refractivity contribution in [3.05, 3.63) is 84.4 Å². The normalized spacial score (nSPS) is 14.0. The predicted octanol–water partition coefficient (Wildman–Crippen LogP) is 3.19. The van der Waals surface area contributed by atoms with Gasteiger partial charge in [-0.3, -0.25) is 9.11 Å². The maximum Gasteiger partial charge on any atom is 0.295 e. The molecule has 29 heavy (non-hydrogen) atoms. The quantitative estimate of drug-likeness (QED) is 0.407. The molecule has 0 aliphatic carbocycles. The first kappa shape index (κ1) is 22.0. The molecule has 0 saturated heterocycles. The van der Waals surface area contributed by atoms with Gasteiger partial charge in [-0.1, -0.05) is 83.9 Å². The Bertz CT molecular complexity index is 1130. The average Bonchev–Trinajstić information content (AvgIpc) is 2.67. The minimum atomic E-state index is -4.39. The van der Waals surface area contributed by atoms with Crippen LogP contribution in [0.5, 0.6) is 0 Å². The van der Waals surface area contributed by atoms with E-state index in [1.165, 1.54) is 24.3 Å². The lowest BCUT2D eigenvalue weighted by Crippen LogP contribution is -2.14. The molecule has 2 N–H and O–H groups in total. The second-order valence-electron chi connectivity index (χ2n) is 6.07. The Hall–Kier alpha value is -1.66. The monoisotopic (exact) mass is 468 g/mol. The first-order chi connectivity index (χ1) is 13.7. The first-order valence-electron chi connectivity index (χ1n) is 8.37. The van der Waals surface area contributed by atoms with Gasteiger partial charge >= 0.3 is 0 Å². The second kappa shape index (κ2) is 9.00. The van der Waals surface area contributed by atoms with Gasteiger partial charge in [0.15, 0.2) is 0 Å². The highest BCUT2D eigenvalue weighted by atomic mass is 32.2. The fourth-order valence-corrected chi connectivity index (χ4v) is 8.50. The van der Waals surface area contributed by atoms with E-state index in [4.69, 9.17) is 0 Å². The lowest BCUT2D eigenvalue weighted by Gasteiger charge is -2.20. The summed E-state index contributed by atoms with van der Waals surface area (Å²) in [5.74, 6) is 0. The lowest BCUT2D eigenvalue weighted by atomic mass is 10.2. The summed E-state index contributed by atoms with van der Waals surface area (Å²) in [5, 5.41) is 0.684. The summed E-state index contributed by atoms with van der Waals surface area (Å²) in [5.41, 5.74) is 0.902. The van der Waals surface area contributed by atoms with Crippen LogP contribution in [0.25, 0.3) is 0 Å². The van der Waals surface area contributed by atoms with Gasteiger partial charge in [0, 0.05) is 5.40 Å². The van der Waals surface area contributed by atoms with Gasteiger partial charge in [0.1, 0.15) is 9.79 Å². The highest BCUT2D eigenvalue weighted by Gasteiger charge is 2.22. The van der Waals surface area contributed by atoms with E-state index >= 15 is 0 Å². The second-order valence-corrected chi connectivity index (χ2v) is 12.2. The van der Waals surface area contributed by atoms with Crippen LogP contribution in [0.4, 0.5) is 0 Å². The summed E-state index contributed by atoms with van der Waals surface area (Å²) in [6, 6.07) is 21.7. The van der Waals surface area contributed by atoms with Crippen LogP contribution in [-0.4, -0.2) is 25.9 Å². The maximum absolute atomic E-state index is 11.8. The molecule has 0 aliphatic heterocycles. The van der Waals surface area contributed by atoms with Crippen molar-refractivity contribution in [2.75, 3.05) is 0 Å². The van der Waals surface area contributed by atoms with Crippen molar-refractivity contribution in [3.63, 3.8) is 0 Å². The van der Waals surface area contributed by atoms with Crippen molar-refractivity contribution in [2.24, 2.45) is 0 Å². The topological polar surface area (TPSA) is 109 Å². The molecular weight excluding hydrogens is 450 g/mol. The molecule has 2 atom stereocenters. The summed E-state index contributed by atoms with van der Waals surface area (Å²) < 4.78 is 66.2. The number of hydrogen-bond donors (Lipinski definition) is 2. The van der Waals surface area contributed by atoms with E-state index in [9.17, 15) is 25.9 Å². The zero-order valence-electron chi connectivity index (χ0n) is 14.9. The third kappa shape index (κ3) is 5.70. The highest BCUT2D eigenvalue weighted by molar-refractivity contribution is 7.87. The van der Waals surface area contributed by atoms with Crippen LogP contribution >= 0.6 is 17.2 Å². The fourth-order valence-electron chi connectivity index (χ4n) is 2.78. The Morgan fingerprint density at radius 1 is 0.586 bits per heavy atom. The average molecular weight is 468 g/mol. The zero-order valence-corrected chi connectivity index (χ0v) is 18.6. The van der Waals surface area contributed by atoms with E-state index in [-0.39, 0.29) is 32.4 Å². The summed E-state index contributed by atoms with van der Waals surface area (Å²) in [7, 11) is -8.89. The molecule has 0 spiro atoms. The third-order valence-corrected chi connectivity index (χ3v) is 9.85. The Kier molecular flexibility index (Phi) is 6.84. The van der Waals surface area contributed by atoms with Gasteiger partial charge in [-0.2, -0.15) is 16.8 Å². The Morgan fingerprint density at radius 2 is 0.966 bits per heavy atom. The maximum atomic E-state index is 11.8. The van der Waals surface area contributed by atoms with E-state index in [1.807, 2.05) is 30.3 Å². The molecule has 0 amide bonds. The smallest absolute Gasteiger partial charge is 0.282 e. The summed E-state index contributed by atoms with van der Waals surface area (Å²) in [4.78, 5) is -0.320. The summed E-state index contributed by atoms with van der Waals surface area (Å²) in [6.45, 7) is 0. The van der Waals surface area contributed by atoms with Crippen molar-refractivity contribution in [1.29, 1.82) is 0 Å². The number of rotatable bonds is 7. The van der Waals surface area contributed by atoms with Crippen LogP contribution < -0.4 is 10.6 Å². The molecule has 2 unspecified atom stereocenters. The minimum absolute atomic E-state index is 0.0526. The van der Waals surface area contributed by atoms with E-state index in [0.717, 1.165) is 5.56 Å². The molecule has 152 valence electrons. The summed E-state index contributed by atoms with van der Waals surface area (Å²) in [6.07, 6.45) is 0. The number of benzene rings is 3. The molecule has 0 radical (unpaired) electrons.